The Morgan fingerprint density at radius 3 is 2.72 bits per heavy atom. The van der Waals surface area contributed by atoms with Gasteiger partial charge in [-0.15, -0.1) is 0 Å². The van der Waals surface area contributed by atoms with Crippen molar-refractivity contribution in [3.8, 4) is 5.75 Å². The number of hydrogen-bond acceptors (Lipinski definition) is 7. The van der Waals surface area contributed by atoms with Crippen molar-refractivity contribution < 1.29 is 23.0 Å². The Labute approximate surface area is 200 Å². The Balaban J connectivity index is 2.52. The number of nitrogens with zero attached hydrogens (tertiary/aromatic N) is 3. The molecule has 1 heterocycles. The minimum atomic E-state index is -3.09. The summed E-state index contributed by atoms with van der Waals surface area (Å²) in [7, 11) is 0. The van der Waals surface area contributed by atoms with E-state index in [1.165, 1.54) is 24.4 Å². The molecule has 0 bridgehead atoms. The van der Waals surface area contributed by atoms with Crippen molar-refractivity contribution in [2.45, 2.75) is 44.6 Å². The largest absolute Gasteiger partial charge is 0.591 e. The van der Waals surface area contributed by atoms with Gasteiger partial charge in [-0.05, 0) is 32.9 Å². The summed E-state index contributed by atoms with van der Waals surface area (Å²) < 4.78 is 46.7. The summed E-state index contributed by atoms with van der Waals surface area (Å²) >= 11 is 7.68. The van der Waals surface area contributed by atoms with E-state index in [1.807, 2.05) is 0 Å². The quantitative estimate of drug-likeness (QED) is 0.132. The minimum Gasteiger partial charge on any atom is -0.591 e. The first-order chi connectivity index (χ1) is 14.9. The van der Waals surface area contributed by atoms with Crippen LogP contribution < -0.4 is 10.1 Å². The van der Waals surface area contributed by atoms with Crippen molar-refractivity contribution in [1.82, 2.24) is 4.98 Å². The molecule has 1 aromatic heterocycles. The van der Waals surface area contributed by atoms with Gasteiger partial charge < -0.3 is 14.6 Å². The Morgan fingerprint density at radius 2 is 2.12 bits per heavy atom. The number of aromatic nitrogens is 1. The van der Waals surface area contributed by atoms with Crippen LogP contribution in [0.15, 0.2) is 39.3 Å². The second kappa shape index (κ2) is 11.2. The van der Waals surface area contributed by atoms with Gasteiger partial charge in [0.25, 0.3) is 0 Å². The van der Waals surface area contributed by atoms with Crippen molar-refractivity contribution in [1.29, 1.82) is 0 Å². The Bertz CT molecular complexity index is 994. The molecule has 2 aromatic rings. The van der Waals surface area contributed by atoms with E-state index >= 15 is 0 Å². The van der Waals surface area contributed by atoms with Gasteiger partial charge in [-0.3, -0.25) is 10.1 Å². The minimum absolute atomic E-state index is 0.00413. The molecule has 0 radical (unpaired) electrons. The summed E-state index contributed by atoms with van der Waals surface area (Å²) in [5, 5.41) is 14.4. The molecule has 0 fully saturated rings. The number of alkyl halides is 2. The summed E-state index contributed by atoms with van der Waals surface area (Å²) in [6.07, 6.45) is 2.40. The molecule has 0 saturated heterocycles. The van der Waals surface area contributed by atoms with Crippen molar-refractivity contribution >= 4 is 56.5 Å². The fraction of sp³-hybridized carbons (Fsp3) is 0.368. The molecule has 13 heteroatoms. The number of anilines is 1. The molecule has 8 nitrogen and oxygen atoms in total. The van der Waals surface area contributed by atoms with Gasteiger partial charge in [0.05, 0.1) is 17.2 Å². The number of hydrogen-bond donors (Lipinski definition) is 1. The Hall–Kier alpha value is -2.02. The smallest absolute Gasteiger partial charge is 0.387 e. The first-order valence-electron chi connectivity index (χ1n) is 9.14. The summed E-state index contributed by atoms with van der Waals surface area (Å²) in [6, 6.07) is 4.88. The van der Waals surface area contributed by atoms with Crippen LogP contribution in [0.1, 0.15) is 38.8 Å². The summed E-state index contributed by atoms with van der Waals surface area (Å²) in [5.74, 6) is -0.139. The number of benzene rings is 1. The SMILES string of the molecule is CC(C)(C)[S+]([O-])/N=C\C[C@@H](Nc1cc(Cl)ncc1[N+](=O)[O-])c1c(Br)cccc1OC(F)F. The monoisotopic (exact) mass is 552 g/mol. The maximum absolute atomic E-state index is 13.0. The van der Waals surface area contributed by atoms with Crippen LogP contribution in [0.3, 0.4) is 0 Å². The fourth-order valence-corrected chi connectivity index (χ4v) is 3.87. The van der Waals surface area contributed by atoms with Gasteiger partial charge in [0.1, 0.15) is 38.9 Å². The third-order valence-corrected chi connectivity index (χ3v) is 6.28. The second-order valence-corrected chi connectivity index (χ2v) is 10.6. The molecule has 0 spiro atoms. The molecular formula is C19H20BrClF2N4O4S. The molecule has 1 N–H and O–H groups in total. The summed E-state index contributed by atoms with van der Waals surface area (Å²) in [6.45, 7) is 2.17. The number of nitro groups is 1. The van der Waals surface area contributed by atoms with Crippen LogP contribution >= 0.6 is 27.5 Å². The second-order valence-electron chi connectivity index (χ2n) is 7.39. The zero-order chi connectivity index (χ0) is 24.1. The van der Waals surface area contributed by atoms with Gasteiger partial charge in [-0.2, -0.15) is 8.78 Å². The van der Waals surface area contributed by atoms with E-state index in [0.717, 1.165) is 6.20 Å². The lowest BCUT2D eigenvalue weighted by Crippen LogP contribution is -2.26. The number of rotatable bonds is 9. The molecule has 2 rings (SSSR count). The summed E-state index contributed by atoms with van der Waals surface area (Å²) in [4.78, 5) is 14.5. The standard InChI is InChI=1S/C19H20BrClF2N4O4S/c1-19(2,3)32(30)25-8-7-12(17-11(20)5-4-6-15(17)31-18(22)23)26-13-9-16(21)24-10-14(13)27(28)29/h4-6,8-10,12,18H,7H2,1-3H3,(H,24,26)/b25-8-/t12-,32?/m1/s1. The predicted octanol–water partition coefficient (Wildman–Crippen LogP) is 6.08. The molecule has 32 heavy (non-hydrogen) atoms. The summed E-state index contributed by atoms with van der Waals surface area (Å²) in [5.41, 5.74) is -0.0786. The predicted molar refractivity (Wildman–Crippen MR) is 124 cm³/mol. The molecule has 0 aliphatic carbocycles. The van der Waals surface area contributed by atoms with Crippen LogP contribution in [0, 0.1) is 10.1 Å². The van der Waals surface area contributed by atoms with Crippen molar-refractivity contribution in [2.24, 2.45) is 4.40 Å². The van der Waals surface area contributed by atoms with Gasteiger partial charge in [0, 0.05) is 22.5 Å². The zero-order valence-corrected chi connectivity index (χ0v) is 20.4. The molecule has 2 atom stereocenters. The lowest BCUT2D eigenvalue weighted by Gasteiger charge is -2.23. The molecular weight excluding hydrogens is 534 g/mol. The molecule has 1 unspecified atom stereocenters. The highest BCUT2D eigenvalue weighted by molar-refractivity contribution is 9.10. The Kier molecular flexibility index (Phi) is 9.19. The normalized spacial score (nSPS) is 13.9. The van der Waals surface area contributed by atoms with E-state index in [1.54, 1.807) is 26.8 Å². The molecule has 0 saturated carbocycles. The van der Waals surface area contributed by atoms with E-state index in [2.05, 4.69) is 35.4 Å². The molecule has 0 amide bonds. The van der Waals surface area contributed by atoms with Crippen molar-refractivity contribution in [3.63, 3.8) is 0 Å². The maximum atomic E-state index is 13.0. The van der Waals surface area contributed by atoms with E-state index in [-0.39, 0.29) is 34.3 Å². The fourth-order valence-electron chi connectivity index (χ4n) is 2.55. The molecule has 0 aliphatic rings. The van der Waals surface area contributed by atoms with E-state index in [0.29, 0.717) is 4.47 Å². The van der Waals surface area contributed by atoms with Crippen LogP contribution in [-0.2, 0) is 11.4 Å². The van der Waals surface area contributed by atoms with E-state index in [4.69, 9.17) is 11.6 Å². The van der Waals surface area contributed by atoms with Crippen LogP contribution in [0.2, 0.25) is 5.15 Å². The van der Waals surface area contributed by atoms with Gasteiger partial charge >= 0.3 is 12.3 Å². The molecule has 0 aliphatic heterocycles. The van der Waals surface area contributed by atoms with E-state index < -0.39 is 33.7 Å². The number of pyridine rings is 1. The van der Waals surface area contributed by atoms with Gasteiger partial charge in [0.15, 0.2) is 0 Å². The number of ether oxygens (including phenoxy) is 1. The average molecular weight is 554 g/mol. The molecule has 174 valence electrons. The Morgan fingerprint density at radius 1 is 1.44 bits per heavy atom. The first-order valence-corrected chi connectivity index (χ1v) is 11.4. The highest BCUT2D eigenvalue weighted by atomic mass is 79.9. The van der Waals surface area contributed by atoms with Crippen LogP contribution in [0.4, 0.5) is 20.2 Å². The van der Waals surface area contributed by atoms with Gasteiger partial charge in [-0.25, -0.2) is 4.98 Å². The first kappa shape index (κ1) is 26.2. The highest BCUT2D eigenvalue weighted by Crippen LogP contribution is 2.38. The van der Waals surface area contributed by atoms with Gasteiger partial charge in [-0.1, -0.05) is 38.0 Å². The molecule has 1 aromatic carbocycles. The van der Waals surface area contributed by atoms with Crippen LogP contribution in [0.25, 0.3) is 0 Å². The topological polar surface area (TPSA) is 113 Å². The average Bonchev–Trinajstić information content (AvgIpc) is 2.66. The lowest BCUT2D eigenvalue weighted by atomic mass is 10.0. The highest BCUT2D eigenvalue weighted by Gasteiger charge is 2.27. The maximum Gasteiger partial charge on any atom is 0.387 e. The van der Waals surface area contributed by atoms with Crippen LogP contribution in [0.5, 0.6) is 5.75 Å². The van der Waals surface area contributed by atoms with Crippen molar-refractivity contribution in [3.05, 3.63) is 55.8 Å². The van der Waals surface area contributed by atoms with Crippen LogP contribution in [-0.4, -0.2) is 32.0 Å². The number of halogens is 4. The third kappa shape index (κ3) is 7.26. The van der Waals surface area contributed by atoms with E-state index in [9.17, 15) is 23.4 Å². The third-order valence-electron chi connectivity index (χ3n) is 3.99. The number of nitrogens with one attached hydrogen (secondary N) is 1. The zero-order valence-electron chi connectivity index (χ0n) is 17.2. The van der Waals surface area contributed by atoms with Crippen molar-refractivity contribution in [2.75, 3.05) is 5.32 Å². The lowest BCUT2D eigenvalue weighted by molar-refractivity contribution is -0.384. The van der Waals surface area contributed by atoms with Gasteiger partial charge in [0.2, 0.25) is 0 Å².